The molecule has 3 fully saturated rings. The summed E-state index contributed by atoms with van der Waals surface area (Å²) in [6, 6.07) is 9.05. The number of sulfonamides is 1. The van der Waals surface area contributed by atoms with Crippen LogP contribution in [-0.4, -0.2) is 93.0 Å². The fourth-order valence-corrected chi connectivity index (χ4v) is 9.82. The van der Waals surface area contributed by atoms with E-state index in [0.717, 1.165) is 43.4 Å². The number of amides is 4. The van der Waals surface area contributed by atoms with Crippen LogP contribution < -0.4 is 20.1 Å². The van der Waals surface area contributed by atoms with Crippen LogP contribution >= 0.6 is 11.3 Å². The van der Waals surface area contributed by atoms with E-state index in [4.69, 9.17) is 19.4 Å². The van der Waals surface area contributed by atoms with Crippen molar-refractivity contribution in [3.8, 4) is 16.5 Å². The van der Waals surface area contributed by atoms with Crippen molar-refractivity contribution in [2.24, 2.45) is 13.0 Å². The van der Waals surface area contributed by atoms with E-state index in [1.165, 1.54) is 33.3 Å². The first-order valence-corrected chi connectivity index (χ1v) is 22.1. The largest absolute Gasteiger partial charge is 0.471 e. The molecule has 2 saturated carbocycles. The zero-order valence-electron chi connectivity index (χ0n) is 32.0. The van der Waals surface area contributed by atoms with Gasteiger partial charge in [0.25, 0.3) is 15.9 Å². The number of nitrogens with zero attached hydrogens (tertiary/aromatic N) is 5. The van der Waals surface area contributed by atoms with E-state index in [-0.39, 0.29) is 36.4 Å². The van der Waals surface area contributed by atoms with Gasteiger partial charge in [-0.1, -0.05) is 43.2 Å². The number of carbonyl (C=O) groups excluding carboxylic acids is 4. The van der Waals surface area contributed by atoms with Crippen LogP contribution in [0.15, 0.2) is 71.5 Å². The number of imidazole rings is 1. The fourth-order valence-electron chi connectivity index (χ4n) is 8.09. The van der Waals surface area contributed by atoms with E-state index in [2.05, 4.69) is 20.3 Å². The molecule has 0 radical (unpaired) electrons. The van der Waals surface area contributed by atoms with Gasteiger partial charge in [-0.2, -0.15) is 8.42 Å². The first-order valence-electron chi connectivity index (χ1n) is 19.8. The number of hydrogen-bond acceptors (Lipinski definition) is 12. The van der Waals surface area contributed by atoms with Gasteiger partial charge in [0.1, 0.15) is 35.5 Å². The Morgan fingerprint density at radius 3 is 2.50 bits per heavy atom. The van der Waals surface area contributed by atoms with Gasteiger partial charge in [-0.05, 0) is 74.9 Å². The van der Waals surface area contributed by atoms with Crippen LogP contribution in [0.1, 0.15) is 70.6 Å². The highest BCUT2D eigenvalue weighted by atomic mass is 32.2. The number of rotatable bonds is 8. The van der Waals surface area contributed by atoms with Gasteiger partial charge in [-0.25, -0.2) is 24.5 Å². The van der Waals surface area contributed by atoms with Crippen molar-refractivity contribution in [3.05, 3.63) is 66.5 Å². The fraction of sp³-hybridized carbons (Fsp3) is 0.475. The molecule has 1 unspecified atom stereocenters. The van der Waals surface area contributed by atoms with Crippen LogP contribution in [0.25, 0.3) is 21.6 Å². The van der Waals surface area contributed by atoms with Crippen molar-refractivity contribution in [3.63, 3.8) is 0 Å². The van der Waals surface area contributed by atoms with Gasteiger partial charge in [0.2, 0.25) is 17.7 Å². The van der Waals surface area contributed by atoms with Crippen molar-refractivity contribution in [1.82, 2.24) is 39.8 Å². The topological polar surface area (TPSA) is 204 Å². The Labute approximate surface area is 339 Å². The third-order valence-corrected chi connectivity index (χ3v) is 13.4. The standard InChI is InChI=1S/C40H46N8O8S2/c1-47-23-33(41-24-47)58(53,54)46-38(51)40-21-25(40)12-5-3-2-4-6-17-30(44-39(52)56-26-13-7-8-14-26)37(50)48-22-27(20-31(48)35(49)45-40)55-36-34(32-18-11-19-57-32)42-28-15-9-10-16-29(28)43-36/h5,9-12,15-16,18-19,23-27,30-31H,2-4,6-8,13-14,17,20-22H2,1H3,(H,44,52)(H,45,49)(H,46,51)/b12-5-/t25?,27-,30+,31+,40-/m1/s1. The highest BCUT2D eigenvalue weighted by Crippen LogP contribution is 2.46. The van der Waals surface area contributed by atoms with Gasteiger partial charge in [0, 0.05) is 25.6 Å². The Kier molecular flexibility index (Phi) is 11.2. The smallest absolute Gasteiger partial charge is 0.408 e. The zero-order valence-corrected chi connectivity index (χ0v) is 33.7. The second kappa shape index (κ2) is 16.5. The molecule has 306 valence electrons. The molecule has 4 aliphatic rings. The Bertz CT molecular complexity index is 2330. The number of nitrogens with one attached hydrogen (secondary N) is 3. The number of allylic oxidation sites excluding steroid dienone is 1. The van der Waals surface area contributed by atoms with Gasteiger partial charge in [0.05, 0.1) is 28.8 Å². The second-order valence-corrected chi connectivity index (χ2v) is 18.1. The number of fused-ring (bicyclic) bond motifs is 3. The average molecular weight is 831 g/mol. The summed E-state index contributed by atoms with van der Waals surface area (Å²) < 4.78 is 42.3. The lowest BCUT2D eigenvalue weighted by Gasteiger charge is -2.30. The van der Waals surface area contributed by atoms with Crippen molar-refractivity contribution >= 4 is 56.2 Å². The Morgan fingerprint density at radius 2 is 1.76 bits per heavy atom. The van der Waals surface area contributed by atoms with Gasteiger partial charge in [-0.15, -0.1) is 11.3 Å². The minimum Gasteiger partial charge on any atom is -0.471 e. The van der Waals surface area contributed by atoms with Crippen LogP contribution in [0.4, 0.5) is 4.79 Å². The maximum Gasteiger partial charge on any atom is 0.408 e. The first kappa shape index (κ1) is 39.5. The molecule has 4 amide bonds. The number of carbonyl (C=O) groups is 4. The molecule has 3 aromatic heterocycles. The molecule has 16 nitrogen and oxygen atoms in total. The number of aryl methyl sites for hydroxylation is 1. The molecule has 4 aromatic rings. The summed E-state index contributed by atoms with van der Waals surface area (Å²) in [5.74, 6) is -2.32. The predicted molar refractivity (Wildman–Crippen MR) is 213 cm³/mol. The third-order valence-electron chi connectivity index (χ3n) is 11.3. The quantitative estimate of drug-likeness (QED) is 0.213. The maximum absolute atomic E-state index is 14.7. The lowest BCUT2D eigenvalue weighted by Crippen LogP contribution is -2.58. The van der Waals surface area contributed by atoms with E-state index >= 15 is 0 Å². The molecule has 8 rings (SSSR count). The van der Waals surface area contributed by atoms with Crippen LogP contribution in [0, 0.1) is 5.92 Å². The van der Waals surface area contributed by atoms with Crippen LogP contribution in [-0.2, 0) is 36.2 Å². The molecule has 3 N–H and O–H groups in total. The summed E-state index contributed by atoms with van der Waals surface area (Å²) in [4.78, 5) is 72.2. The summed E-state index contributed by atoms with van der Waals surface area (Å²) in [6.07, 6.45) is 11.4. The van der Waals surface area contributed by atoms with Crippen molar-refractivity contribution in [2.45, 2.75) is 105 Å². The lowest BCUT2D eigenvalue weighted by atomic mass is 10.0. The Balaban J connectivity index is 1.11. The van der Waals surface area contributed by atoms with Crippen molar-refractivity contribution < 1.29 is 37.1 Å². The van der Waals surface area contributed by atoms with Crippen LogP contribution in [0.5, 0.6) is 5.88 Å². The molecule has 58 heavy (non-hydrogen) atoms. The lowest BCUT2D eigenvalue weighted by molar-refractivity contribution is -0.141. The summed E-state index contributed by atoms with van der Waals surface area (Å²) in [7, 11) is -2.77. The number of benzene rings is 1. The summed E-state index contributed by atoms with van der Waals surface area (Å²) in [6.45, 7) is -0.0399. The minimum absolute atomic E-state index is 0.0135. The minimum atomic E-state index is -4.37. The monoisotopic (exact) mass is 830 g/mol. The van der Waals surface area contributed by atoms with Crippen LogP contribution in [0.2, 0.25) is 0 Å². The molecular formula is C40H46N8O8S2. The number of alkyl carbamates (subject to hydrolysis) is 1. The van der Waals surface area contributed by atoms with Crippen molar-refractivity contribution in [2.75, 3.05) is 6.54 Å². The SMILES string of the molecule is Cn1cnc(S(=O)(=O)NC(=O)[C@@]23CC2/C=C\CCCCC[C@H](NC(=O)OC2CCCC2)C(=O)N2C[C@H](Oc4nc5ccccc5nc4-c4cccs4)C[C@H]2C(=O)N3)c1. The molecule has 1 saturated heterocycles. The van der Waals surface area contributed by atoms with Gasteiger partial charge >= 0.3 is 6.09 Å². The molecule has 2 aliphatic carbocycles. The zero-order chi connectivity index (χ0) is 40.4. The normalized spacial score (nSPS) is 26.1. The average Bonchev–Trinajstić information content (AvgIpc) is 3.85. The highest BCUT2D eigenvalue weighted by molar-refractivity contribution is 7.90. The first-order chi connectivity index (χ1) is 28.0. The number of ether oxygens (including phenoxy) is 2. The predicted octanol–water partition coefficient (Wildman–Crippen LogP) is 4.38. The van der Waals surface area contributed by atoms with Crippen LogP contribution in [0.3, 0.4) is 0 Å². The molecule has 5 heterocycles. The van der Waals surface area contributed by atoms with E-state index in [1.807, 2.05) is 53.9 Å². The highest BCUT2D eigenvalue weighted by Gasteiger charge is 2.62. The number of aromatic nitrogens is 4. The molecule has 0 spiro atoms. The molecule has 0 bridgehead atoms. The van der Waals surface area contributed by atoms with Gasteiger partial charge in [0.15, 0.2) is 5.03 Å². The van der Waals surface area contributed by atoms with E-state index < -0.39 is 63.5 Å². The molecule has 2 aliphatic heterocycles. The van der Waals surface area contributed by atoms with Crippen molar-refractivity contribution in [1.29, 1.82) is 0 Å². The van der Waals surface area contributed by atoms with E-state index in [9.17, 15) is 27.6 Å². The third kappa shape index (κ3) is 8.43. The Morgan fingerprint density at radius 1 is 0.983 bits per heavy atom. The maximum atomic E-state index is 14.7. The van der Waals surface area contributed by atoms with Gasteiger partial charge in [-0.3, -0.25) is 14.4 Å². The molecule has 18 heteroatoms. The summed E-state index contributed by atoms with van der Waals surface area (Å²) in [5.41, 5.74) is 0.181. The molecule has 5 atom stereocenters. The Hall–Kier alpha value is -5.36. The van der Waals surface area contributed by atoms with E-state index in [0.29, 0.717) is 36.0 Å². The summed E-state index contributed by atoms with van der Waals surface area (Å²) in [5, 5.41) is 7.27. The number of hydrogen-bond donors (Lipinski definition) is 3. The number of thiophene rings is 1. The second-order valence-electron chi connectivity index (χ2n) is 15.5. The molecule has 1 aromatic carbocycles. The number of para-hydroxylation sites is 2. The van der Waals surface area contributed by atoms with Gasteiger partial charge < -0.3 is 29.6 Å². The van der Waals surface area contributed by atoms with E-state index in [1.54, 1.807) is 7.05 Å². The molecular weight excluding hydrogens is 785 g/mol. The summed E-state index contributed by atoms with van der Waals surface area (Å²) >= 11 is 1.47.